The molecular formula is C24H21N3O3S. The second-order valence-corrected chi connectivity index (χ2v) is 8.47. The van der Waals surface area contributed by atoms with Crippen LogP contribution in [0, 0.1) is 20.8 Å². The van der Waals surface area contributed by atoms with Crippen LogP contribution in [0.4, 0.5) is 5.69 Å². The third-order valence-corrected chi connectivity index (χ3v) is 6.40. The number of para-hydroxylation sites is 1. The number of amides is 1. The Morgan fingerprint density at radius 3 is 2.45 bits per heavy atom. The number of hydrogen-bond donors (Lipinski definition) is 1. The Kier molecular flexibility index (Phi) is 5.52. The van der Waals surface area contributed by atoms with Crippen LogP contribution >= 0.6 is 11.3 Å². The van der Waals surface area contributed by atoms with E-state index in [-0.39, 0.29) is 23.8 Å². The van der Waals surface area contributed by atoms with E-state index in [1.54, 1.807) is 19.1 Å². The Balaban J connectivity index is 1.65. The van der Waals surface area contributed by atoms with E-state index in [1.807, 2.05) is 50.2 Å². The van der Waals surface area contributed by atoms with E-state index in [0.29, 0.717) is 26.2 Å². The van der Waals surface area contributed by atoms with Crippen LogP contribution in [0.15, 0.2) is 59.7 Å². The van der Waals surface area contributed by atoms with E-state index < -0.39 is 0 Å². The first kappa shape index (κ1) is 20.7. The van der Waals surface area contributed by atoms with Crippen molar-refractivity contribution in [3.8, 4) is 0 Å². The minimum absolute atomic E-state index is 0.106. The van der Waals surface area contributed by atoms with E-state index in [1.165, 1.54) is 22.2 Å². The van der Waals surface area contributed by atoms with Gasteiger partial charge in [0.1, 0.15) is 4.83 Å². The largest absolute Gasteiger partial charge is 0.321 e. The van der Waals surface area contributed by atoms with Crippen molar-refractivity contribution in [2.45, 2.75) is 27.3 Å². The first-order chi connectivity index (χ1) is 14.8. The van der Waals surface area contributed by atoms with Gasteiger partial charge in [-0.25, -0.2) is 4.98 Å². The molecular weight excluding hydrogens is 410 g/mol. The maximum absolute atomic E-state index is 13.1. The van der Waals surface area contributed by atoms with Crippen molar-refractivity contribution in [1.29, 1.82) is 0 Å². The van der Waals surface area contributed by atoms with Crippen molar-refractivity contribution in [1.82, 2.24) is 9.55 Å². The molecule has 7 heteroatoms. The Bertz CT molecular complexity index is 1370. The number of Topliss-reactive ketones (excluding diaryl/α,β-unsaturated/α-hetero) is 1. The van der Waals surface area contributed by atoms with Crippen molar-refractivity contribution in [2.75, 3.05) is 5.32 Å². The van der Waals surface area contributed by atoms with E-state index in [2.05, 4.69) is 10.3 Å². The lowest BCUT2D eigenvalue weighted by molar-refractivity contribution is 0.0969. The van der Waals surface area contributed by atoms with Crippen LogP contribution in [0.1, 0.15) is 36.7 Å². The molecule has 0 saturated carbocycles. The maximum atomic E-state index is 13.1. The number of nitrogens with zero attached hydrogens (tertiary/aromatic N) is 2. The van der Waals surface area contributed by atoms with E-state index >= 15 is 0 Å². The molecule has 0 bridgehead atoms. The van der Waals surface area contributed by atoms with Crippen LogP contribution < -0.4 is 10.9 Å². The highest BCUT2D eigenvalue weighted by atomic mass is 32.1. The zero-order chi connectivity index (χ0) is 22.1. The number of aromatic nitrogens is 2. The summed E-state index contributed by atoms with van der Waals surface area (Å²) < 4.78 is 1.30. The molecule has 0 aliphatic carbocycles. The number of nitrogens with one attached hydrogen (secondary N) is 1. The number of benzene rings is 2. The molecule has 2 aromatic heterocycles. The average Bonchev–Trinajstić information content (AvgIpc) is 3.09. The van der Waals surface area contributed by atoms with Crippen molar-refractivity contribution >= 4 is 38.9 Å². The van der Waals surface area contributed by atoms with E-state index in [9.17, 15) is 14.4 Å². The van der Waals surface area contributed by atoms with Crippen molar-refractivity contribution in [3.63, 3.8) is 0 Å². The molecule has 0 saturated heterocycles. The fraction of sp³-hybridized carbons (Fsp3) is 0.167. The summed E-state index contributed by atoms with van der Waals surface area (Å²) in [5.41, 5.74) is 3.51. The van der Waals surface area contributed by atoms with Gasteiger partial charge in [-0.2, -0.15) is 0 Å². The number of carbonyl (C=O) groups excluding carboxylic acids is 2. The van der Waals surface area contributed by atoms with E-state index in [0.717, 1.165) is 16.8 Å². The van der Waals surface area contributed by atoms with Crippen molar-refractivity contribution in [2.24, 2.45) is 0 Å². The molecule has 4 aromatic rings. The zero-order valence-corrected chi connectivity index (χ0v) is 18.2. The highest BCUT2D eigenvalue weighted by molar-refractivity contribution is 7.20. The van der Waals surface area contributed by atoms with Crippen LogP contribution in [0.5, 0.6) is 0 Å². The Morgan fingerprint density at radius 1 is 1.03 bits per heavy atom. The lowest BCUT2D eigenvalue weighted by atomic mass is 10.1. The van der Waals surface area contributed by atoms with Gasteiger partial charge >= 0.3 is 0 Å². The quantitative estimate of drug-likeness (QED) is 0.471. The number of ketones is 1. The molecule has 31 heavy (non-hydrogen) atoms. The monoisotopic (exact) mass is 431 g/mol. The molecule has 6 nitrogen and oxygen atoms in total. The van der Waals surface area contributed by atoms with Crippen LogP contribution in [-0.4, -0.2) is 21.2 Å². The first-order valence-electron chi connectivity index (χ1n) is 9.80. The Morgan fingerprint density at radius 2 is 1.74 bits per heavy atom. The normalized spacial score (nSPS) is 10.9. The summed E-state index contributed by atoms with van der Waals surface area (Å²) in [6.07, 6.45) is 1.37. The van der Waals surface area contributed by atoms with Gasteiger partial charge in [0.2, 0.25) is 0 Å². The summed E-state index contributed by atoms with van der Waals surface area (Å²) in [6, 6.07) is 14.7. The summed E-state index contributed by atoms with van der Waals surface area (Å²) in [7, 11) is 0. The van der Waals surface area contributed by atoms with Gasteiger partial charge in [-0.05, 0) is 38.0 Å². The average molecular weight is 432 g/mol. The number of fused-ring (bicyclic) bond motifs is 1. The number of aryl methyl sites for hydroxylation is 3. The Hall–Kier alpha value is -3.58. The fourth-order valence-corrected chi connectivity index (χ4v) is 4.40. The van der Waals surface area contributed by atoms with Crippen molar-refractivity contribution in [3.05, 3.63) is 92.3 Å². The zero-order valence-electron chi connectivity index (χ0n) is 17.4. The molecule has 0 spiro atoms. The molecule has 156 valence electrons. The summed E-state index contributed by atoms with van der Waals surface area (Å²) in [5.74, 6) is -0.454. The predicted molar refractivity (Wildman–Crippen MR) is 123 cm³/mol. The molecule has 0 unspecified atom stereocenters. The minimum atomic E-state index is -0.325. The van der Waals surface area contributed by atoms with Gasteiger partial charge in [0.05, 0.1) is 23.1 Å². The summed E-state index contributed by atoms with van der Waals surface area (Å²) in [5, 5.41) is 3.28. The molecule has 0 aliphatic heterocycles. The highest BCUT2D eigenvalue weighted by Crippen LogP contribution is 2.28. The van der Waals surface area contributed by atoms with Gasteiger partial charge in [0.15, 0.2) is 5.78 Å². The molecule has 4 rings (SSSR count). The molecule has 2 aromatic carbocycles. The van der Waals surface area contributed by atoms with Crippen LogP contribution in [0.2, 0.25) is 0 Å². The molecule has 0 fully saturated rings. The van der Waals surface area contributed by atoms with Gasteiger partial charge in [0, 0.05) is 11.3 Å². The van der Waals surface area contributed by atoms with Gasteiger partial charge < -0.3 is 5.32 Å². The van der Waals surface area contributed by atoms with Gasteiger partial charge in [-0.1, -0.05) is 48.0 Å². The van der Waals surface area contributed by atoms with E-state index in [4.69, 9.17) is 0 Å². The number of hydrogen-bond acceptors (Lipinski definition) is 5. The molecule has 0 atom stereocenters. The number of carbonyl (C=O) groups is 2. The lowest BCUT2D eigenvalue weighted by Crippen LogP contribution is -2.24. The number of thiophene rings is 1. The molecule has 1 N–H and O–H groups in total. The molecule has 0 aliphatic rings. The van der Waals surface area contributed by atoms with Gasteiger partial charge in [0.25, 0.3) is 11.5 Å². The number of rotatable bonds is 5. The Labute approximate surface area is 183 Å². The topological polar surface area (TPSA) is 81.1 Å². The van der Waals surface area contributed by atoms with Gasteiger partial charge in [-0.3, -0.25) is 19.0 Å². The molecule has 0 radical (unpaired) electrons. The van der Waals surface area contributed by atoms with Gasteiger partial charge in [-0.15, -0.1) is 11.3 Å². The third kappa shape index (κ3) is 4.04. The molecule has 1 amide bonds. The third-order valence-electron chi connectivity index (χ3n) is 5.20. The lowest BCUT2D eigenvalue weighted by Gasteiger charge is -2.07. The number of anilines is 1. The minimum Gasteiger partial charge on any atom is -0.321 e. The molecule has 2 heterocycles. The SMILES string of the molecule is Cc1ccc(C(=O)Cn2cnc3sc(C(=O)Nc4ccccc4C)c(C)c3c2=O)cc1. The second kappa shape index (κ2) is 8.28. The van der Waals surface area contributed by atoms with Crippen molar-refractivity contribution < 1.29 is 9.59 Å². The van der Waals surface area contributed by atoms with Crippen LogP contribution in [0.25, 0.3) is 10.2 Å². The van der Waals surface area contributed by atoms with Crippen LogP contribution in [-0.2, 0) is 6.54 Å². The summed E-state index contributed by atoms with van der Waals surface area (Å²) >= 11 is 1.18. The highest BCUT2D eigenvalue weighted by Gasteiger charge is 2.20. The maximum Gasteiger partial charge on any atom is 0.266 e. The second-order valence-electron chi connectivity index (χ2n) is 7.47. The first-order valence-corrected chi connectivity index (χ1v) is 10.6. The summed E-state index contributed by atoms with van der Waals surface area (Å²) in [4.78, 5) is 43.8. The predicted octanol–water partition coefficient (Wildman–Crippen LogP) is 4.52. The van der Waals surface area contributed by atoms with Crippen LogP contribution in [0.3, 0.4) is 0 Å². The smallest absolute Gasteiger partial charge is 0.266 e. The fourth-order valence-electron chi connectivity index (χ4n) is 3.37. The standard InChI is InChI=1S/C24H21N3O3S/c1-14-8-10-17(11-9-14)19(28)12-27-13-25-23-20(24(27)30)16(3)21(31-23)22(29)26-18-7-5-4-6-15(18)2/h4-11,13H,12H2,1-3H3,(H,26,29). The summed E-state index contributed by atoms with van der Waals surface area (Å²) in [6.45, 7) is 5.49.